The van der Waals surface area contributed by atoms with Gasteiger partial charge < -0.3 is 9.84 Å². The van der Waals surface area contributed by atoms with Gasteiger partial charge in [0.1, 0.15) is 17.9 Å². The highest BCUT2D eigenvalue weighted by atomic mass is 32.2. The van der Waals surface area contributed by atoms with Crippen molar-refractivity contribution in [2.24, 2.45) is 0 Å². The third kappa shape index (κ3) is 5.16. The molecule has 3 aromatic rings. The number of fused-ring (bicyclic) bond motifs is 1. The van der Waals surface area contributed by atoms with Crippen LogP contribution in [0.25, 0.3) is 11.1 Å². The minimum absolute atomic E-state index is 0.0467. The second-order valence-corrected chi connectivity index (χ2v) is 11.3. The number of sulfonamides is 1. The van der Waals surface area contributed by atoms with E-state index in [9.17, 15) is 18.3 Å². The minimum Gasteiger partial charge on any atom is -0.488 e. The molecule has 1 aliphatic heterocycles. The monoisotopic (exact) mass is 479 g/mol. The quantitative estimate of drug-likeness (QED) is 0.513. The molecule has 0 aliphatic carbocycles. The number of ether oxygens (including phenoxy) is 1. The van der Waals surface area contributed by atoms with E-state index in [1.54, 1.807) is 12.1 Å². The Hall–Kier alpha value is -3.16. The molecule has 4 rings (SSSR count). The first kappa shape index (κ1) is 24.0. The molecular formula is C27H29NO5S. The van der Waals surface area contributed by atoms with Crippen LogP contribution < -0.4 is 4.74 Å². The van der Waals surface area contributed by atoms with Gasteiger partial charge >= 0.3 is 5.97 Å². The van der Waals surface area contributed by atoms with E-state index in [1.807, 2.05) is 69.3 Å². The Morgan fingerprint density at radius 3 is 2.56 bits per heavy atom. The topological polar surface area (TPSA) is 83.9 Å². The van der Waals surface area contributed by atoms with Crippen molar-refractivity contribution in [3.05, 3.63) is 83.4 Å². The van der Waals surface area contributed by atoms with Crippen LogP contribution in [0.5, 0.6) is 5.75 Å². The molecule has 3 aromatic carbocycles. The molecule has 0 bridgehead atoms. The molecule has 1 aliphatic rings. The fourth-order valence-electron chi connectivity index (χ4n) is 4.26. The van der Waals surface area contributed by atoms with Gasteiger partial charge in [0.05, 0.1) is 4.90 Å². The van der Waals surface area contributed by atoms with Gasteiger partial charge in [-0.25, -0.2) is 8.42 Å². The smallest absolute Gasteiger partial charge is 0.318 e. The lowest BCUT2D eigenvalue weighted by atomic mass is 9.94. The number of hydrogen-bond acceptors (Lipinski definition) is 4. The summed E-state index contributed by atoms with van der Waals surface area (Å²) in [5, 5.41) is 9.46. The van der Waals surface area contributed by atoms with Crippen molar-refractivity contribution in [1.29, 1.82) is 0 Å². The van der Waals surface area contributed by atoms with Gasteiger partial charge in [0.25, 0.3) is 0 Å². The Bertz CT molecular complexity index is 1330. The number of benzene rings is 3. The highest BCUT2D eigenvalue weighted by Crippen LogP contribution is 2.35. The van der Waals surface area contributed by atoms with E-state index >= 15 is 0 Å². The van der Waals surface area contributed by atoms with Gasteiger partial charge in [-0.3, -0.25) is 4.79 Å². The van der Waals surface area contributed by atoms with Crippen LogP contribution >= 0.6 is 0 Å². The number of carboxylic acids is 1. The van der Waals surface area contributed by atoms with E-state index in [2.05, 4.69) is 0 Å². The number of carbonyl (C=O) groups is 1. The van der Waals surface area contributed by atoms with Crippen molar-refractivity contribution in [1.82, 2.24) is 4.31 Å². The van der Waals surface area contributed by atoms with Crippen molar-refractivity contribution >= 4 is 16.0 Å². The molecule has 0 spiro atoms. The first-order valence-corrected chi connectivity index (χ1v) is 12.7. The molecule has 0 saturated carbocycles. The van der Waals surface area contributed by atoms with Crippen LogP contribution in [0.3, 0.4) is 0 Å². The van der Waals surface area contributed by atoms with Gasteiger partial charge in [-0.2, -0.15) is 4.31 Å². The molecule has 0 atom stereocenters. The Morgan fingerprint density at radius 2 is 1.82 bits per heavy atom. The number of hydrogen-bond donors (Lipinski definition) is 1. The molecule has 0 amide bonds. The zero-order chi connectivity index (χ0) is 24.5. The van der Waals surface area contributed by atoms with Gasteiger partial charge in [-0.15, -0.1) is 0 Å². The van der Waals surface area contributed by atoms with E-state index in [-0.39, 0.29) is 17.0 Å². The summed E-state index contributed by atoms with van der Waals surface area (Å²) in [6.45, 7) is 5.34. The summed E-state index contributed by atoms with van der Waals surface area (Å²) >= 11 is 0. The second kappa shape index (κ2) is 9.24. The summed E-state index contributed by atoms with van der Waals surface area (Å²) in [6, 6.07) is 20.3. The summed E-state index contributed by atoms with van der Waals surface area (Å²) in [6.07, 6.45) is 1.47. The molecular weight excluding hydrogens is 450 g/mol. The average Bonchev–Trinajstić information content (AvgIpc) is 2.78. The predicted molar refractivity (Wildman–Crippen MR) is 131 cm³/mol. The van der Waals surface area contributed by atoms with Gasteiger partial charge in [0, 0.05) is 6.54 Å². The van der Waals surface area contributed by atoms with Crippen LogP contribution in [0.1, 0.15) is 37.0 Å². The van der Waals surface area contributed by atoms with Crippen LogP contribution in [0.15, 0.2) is 71.6 Å². The van der Waals surface area contributed by atoms with Crippen LogP contribution in [-0.2, 0) is 27.8 Å². The maximum absolute atomic E-state index is 13.5. The normalized spacial score (nSPS) is 14.9. The molecule has 178 valence electrons. The standard InChI is InChI=1S/C27H29NO5S/c1-19-7-4-5-10-24(19)21-9-6-8-20(15-21)17-28(18-26(29)30)34(31,32)23-11-12-25-22(16-23)13-14-27(2,3)33-25/h4-12,15-16H,13-14,17-18H2,1-3H3,(H,29,30). The third-order valence-corrected chi connectivity index (χ3v) is 7.89. The van der Waals surface area contributed by atoms with Crippen LogP contribution in [0.2, 0.25) is 0 Å². The maximum Gasteiger partial charge on any atom is 0.318 e. The lowest BCUT2D eigenvalue weighted by Gasteiger charge is -2.33. The van der Waals surface area contributed by atoms with E-state index in [1.165, 1.54) is 6.07 Å². The molecule has 6 nitrogen and oxygen atoms in total. The predicted octanol–water partition coefficient (Wildman–Crippen LogP) is 5.04. The number of nitrogens with zero attached hydrogens (tertiary/aromatic N) is 1. The summed E-state index contributed by atoms with van der Waals surface area (Å²) < 4.78 is 34.0. The van der Waals surface area contributed by atoms with Crippen molar-refractivity contribution in [2.45, 2.75) is 50.7 Å². The Labute approximate surface area is 200 Å². The van der Waals surface area contributed by atoms with Crippen molar-refractivity contribution < 1.29 is 23.1 Å². The summed E-state index contributed by atoms with van der Waals surface area (Å²) in [5.74, 6) is -0.535. The van der Waals surface area contributed by atoms with E-state index in [4.69, 9.17) is 4.74 Å². The maximum atomic E-state index is 13.5. The van der Waals surface area contributed by atoms with Crippen molar-refractivity contribution in [3.63, 3.8) is 0 Å². The molecule has 0 fully saturated rings. The molecule has 7 heteroatoms. The zero-order valence-electron chi connectivity index (χ0n) is 19.6. The Balaban J connectivity index is 1.66. The molecule has 1 heterocycles. The number of aliphatic carboxylic acids is 1. The Kier molecular flexibility index (Phi) is 6.51. The fraction of sp³-hybridized carbons (Fsp3) is 0.296. The lowest BCUT2D eigenvalue weighted by Crippen LogP contribution is -2.36. The first-order chi connectivity index (χ1) is 16.0. The first-order valence-electron chi connectivity index (χ1n) is 11.2. The van der Waals surface area contributed by atoms with E-state index < -0.39 is 22.5 Å². The van der Waals surface area contributed by atoms with Gasteiger partial charge in [0.15, 0.2) is 0 Å². The van der Waals surface area contributed by atoms with Gasteiger partial charge in [0.2, 0.25) is 10.0 Å². The fourth-order valence-corrected chi connectivity index (χ4v) is 5.69. The van der Waals surface area contributed by atoms with Crippen molar-refractivity contribution in [3.8, 4) is 16.9 Å². The van der Waals surface area contributed by atoms with Crippen LogP contribution in [0.4, 0.5) is 0 Å². The summed E-state index contributed by atoms with van der Waals surface area (Å²) in [7, 11) is -4.05. The summed E-state index contributed by atoms with van der Waals surface area (Å²) in [4.78, 5) is 11.7. The largest absolute Gasteiger partial charge is 0.488 e. The third-order valence-electron chi connectivity index (χ3n) is 6.11. The van der Waals surface area contributed by atoms with Crippen LogP contribution in [-0.4, -0.2) is 35.9 Å². The average molecular weight is 480 g/mol. The summed E-state index contributed by atoms with van der Waals surface area (Å²) in [5.41, 5.74) is 4.34. The molecule has 34 heavy (non-hydrogen) atoms. The number of rotatable bonds is 7. The molecule has 0 saturated heterocycles. The molecule has 0 aromatic heterocycles. The lowest BCUT2D eigenvalue weighted by molar-refractivity contribution is -0.137. The van der Waals surface area contributed by atoms with Crippen LogP contribution in [0, 0.1) is 6.92 Å². The Morgan fingerprint density at radius 1 is 1.06 bits per heavy atom. The van der Waals surface area contributed by atoms with Gasteiger partial charge in [-0.05, 0) is 85.7 Å². The zero-order valence-corrected chi connectivity index (χ0v) is 20.4. The van der Waals surface area contributed by atoms with E-state index in [0.29, 0.717) is 17.7 Å². The SMILES string of the molecule is Cc1ccccc1-c1cccc(CN(CC(=O)O)S(=O)(=O)c2ccc3c(c2)CCC(C)(C)O3)c1. The molecule has 1 N–H and O–H groups in total. The second-order valence-electron chi connectivity index (χ2n) is 9.31. The van der Waals surface area contributed by atoms with Crippen molar-refractivity contribution in [2.75, 3.05) is 6.54 Å². The number of aryl methyl sites for hydroxylation is 2. The molecule has 0 unspecified atom stereocenters. The highest BCUT2D eigenvalue weighted by Gasteiger charge is 2.31. The molecule has 0 radical (unpaired) electrons. The van der Waals surface area contributed by atoms with Gasteiger partial charge in [-0.1, -0.05) is 42.5 Å². The minimum atomic E-state index is -4.05. The highest BCUT2D eigenvalue weighted by molar-refractivity contribution is 7.89. The number of carboxylic acid groups (broad SMARTS) is 1. The van der Waals surface area contributed by atoms with E-state index in [0.717, 1.165) is 33.0 Å².